The van der Waals surface area contributed by atoms with Crippen LogP contribution in [0.2, 0.25) is 0 Å². The fraction of sp³-hybridized carbons (Fsp3) is 0.762. The molecule has 0 aromatic heterocycles. The second kappa shape index (κ2) is 5.51. The third kappa shape index (κ3) is 2.11. The van der Waals surface area contributed by atoms with Crippen molar-refractivity contribution in [1.82, 2.24) is 0 Å². The fourth-order valence-corrected chi connectivity index (χ4v) is 6.11. The third-order valence-corrected chi connectivity index (χ3v) is 7.73. The molecule has 6 nitrogen and oxygen atoms in total. The van der Waals surface area contributed by atoms with Gasteiger partial charge in [-0.2, -0.15) is 0 Å². The summed E-state index contributed by atoms with van der Waals surface area (Å²) in [4.78, 5) is 39.2. The normalized spacial score (nSPS) is 39.0. The molecule has 0 radical (unpaired) electrons. The second-order valence-electron chi connectivity index (χ2n) is 9.82. The van der Waals surface area contributed by atoms with E-state index >= 15 is 0 Å². The maximum atomic E-state index is 13.5. The molecule has 3 aliphatic carbocycles. The Kier molecular flexibility index (Phi) is 4.12. The Morgan fingerprint density at radius 2 is 1.85 bits per heavy atom. The summed E-state index contributed by atoms with van der Waals surface area (Å²) in [6, 6.07) is 0. The molecule has 6 heteroatoms. The van der Waals surface area contributed by atoms with Crippen molar-refractivity contribution in [2.45, 2.75) is 72.0 Å². The molecular formula is C21H30O6. The van der Waals surface area contributed by atoms with Gasteiger partial charge in [0.1, 0.15) is 11.3 Å². The van der Waals surface area contributed by atoms with Crippen molar-refractivity contribution < 1.29 is 29.7 Å². The Morgan fingerprint density at radius 1 is 1.30 bits per heavy atom. The number of aliphatic hydroxyl groups is 3. The van der Waals surface area contributed by atoms with E-state index in [0.29, 0.717) is 6.42 Å². The molecule has 5 unspecified atom stereocenters. The van der Waals surface area contributed by atoms with Crippen molar-refractivity contribution in [2.75, 3.05) is 0 Å². The van der Waals surface area contributed by atoms with Gasteiger partial charge in [0, 0.05) is 12.3 Å². The van der Waals surface area contributed by atoms with Gasteiger partial charge in [-0.1, -0.05) is 27.7 Å². The number of carbonyl (C=O) groups excluding carboxylic acids is 3. The van der Waals surface area contributed by atoms with Crippen LogP contribution in [-0.2, 0) is 14.4 Å². The van der Waals surface area contributed by atoms with Crippen LogP contribution < -0.4 is 0 Å². The molecule has 0 amide bonds. The minimum Gasteiger partial charge on any atom is -0.508 e. The Hall–Kier alpha value is -1.53. The Labute approximate surface area is 159 Å². The van der Waals surface area contributed by atoms with Crippen LogP contribution in [0, 0.1) is 28.6 Å². The molecule has 150 valence electrons. The first kappa shape index (κ1) is 20.2. The molecule has 0 saturated heterocycles. The molecule has 2 saturated carbocycles. The number of aliphatic hydroxyl groups excluding tert-OH is 1. The van der Waals surface area contributed by atoms with Gasteiger partial charge in [-0.3, -0.25) is 14.4 Å². The van der Waals surface area contributed by atoms with Crippen LogP contribution in [0.3, 0.4) is 0 Å². The van der Waals surface area contributed by atoms with Crippen LogP contribution in [0.1, 0.15) is 60.8 Å². The maximum absolute atomic E-state index is 13.5. The Bertz CT molecular complexity index is 770. The number of hydrogen-bond acceptors (Lipinski definition) is 6. The molecule has 0 aliphatic heterocycles. The summed E-state index contributed by atoms with van der Waals surface area (Å²) in [6.07, 6.45) is 0.469. The lowest BCUT2D eigenvalue weighted by Gasteiger charge is -2.39. The fourth-order valence-electron chi connectivity index (χ4n) is 6.11. The number of allylic oxidation sites excluding steroid dienone is 1. The highest BCUT2D eigenvalue weighted by atomic mass is 16.4. The molecule has 2 fully saturated rings. The van der Waals surface area contributed by atoms with Crippen LogP contribution in [0.15, 0.2) is 11.3 Å². The average Bonchev–Trinajstić information content (AvgIpc) is 3.01. The van der Waals surface area contributed by atoms with E-state index < -0.39 is 62.5 Å². The largest absolute Gasteiger partial charge is 0.508 e. The van der Waals surface area contributed by atoms with E-state index in [1.165, 1.54) is 0 Å². The Balaban J connectivity index is 2.23. The summed E-state index contributed by atoms with van der Waals surface area (Å²) in [5.74, 6) is -4.01. The third-order valence-electron chi connectivity index (χ3n) is 7.73. The van der Waals surface area contributed by atoms with E-state index in [4.69, 9.17) is 0 Å². The summed E-state index contributed by atoms with van der Waals surface area (Å²) < 4.78 is 0. The molecule has 0 heterocycles. The minimum absolute atomic E-state index is 0.0522. The zero-order valence-corrected chi connectivity index (χ0v) is 16.9. The van der Waals surface area contributed by atoms with Gasteiger partial charge in [-0.15, -0.1) is 0 Å². The second-order valence-corrected chi connectivity index (χ2v) is 9.82. The molecule has 5 atom stereocenters. The van der Waals surface area contributed by atoms with Gasteiger partial charge in [-0.25, -0.2) is 0 Å². The molecule has 1 spiro atoms. The standard InChI is InChI=1S/C21H30O6/c1-7-10(2)15(23)14-16(24)20-9-12(19(5,6)26)18(3,4)11(20)8-13(22)21(20,27)17(14)25/h10-12,25-27H,7-9H2,1-6H3. The van der Waals surface area contributed by atoms with E-state index in [-0.39, 0.29) is 18.8 Å². The topological polar surface area (TPSA) is 112 Å². The molecule has 3 N–H and O–H groups in total. The lowest BCUT2D eigenvalue weighted by atomic mass is 9.66. The maximum Gasteiger partial charge on any atom is 0.193 e. The number of carbonyl (C=O) groups is 3. The summed E-state index contributed by atoms with van der Waals surface area (Å²) in [6.45, 7) is 10.5. The van der Waals surface area contributed by atoms with Crippen molar-refractivity contribution >= 4 is 17.3 Å². The summed E-state index contributed by atoms with van der Waals surface area (Å²) in [7, 11) is 0. The van der Waals surface area contributed by atoms with Crippen LogP contribution in [0.4, 0.5) is 0 Å². The minimum atomic E-state index is -2.37. The molecule has 3 aliphatic rings. The predicted octanol–water partition coefficient (Wildman–Crippen LogP) is 2.12. The quantitative estimate of drug-likeness (QED) is 0.646. The van der Waals surface area contributed by atoms with Gasteiger partial charge in [0.25, 0.3) is 0 Å². The SMILES string of the molecule is CCC(C)C(=O)C1=C(O)C2(O)C(=O)CC3C(C)(C)C(C(C)(C)O)CC32C1=O. The highest BCUT2D eigenvalue weighted by Crippen LogP contribution is 2.72. The smallest absolute Gasteiger partial charge is 0.193 e. The molecule has 0 aromatic carbocycles. The summed E-state index contributed by atoms with van der Waals surface area (Å²) >= 11 is 0. The molecule has 0 aromatic rings. The van der Waals surface area contributed by atoms with E-state index in [9.17, 15) is 29.7 Å². The molecular weight excluding hydrogens is 348 g/mol. The zero-order chi connectivity index (χ0) is 20.7. The van der Waals surface area contributed by atoms with Gasteiger partial charge in [-0.05, 0) is 43.9 Å². The van der Waals surface area contributed by atoms with Crippen molar-refractivity contribution in [1.29, 1.82) is 0 Å². The van der Waals surface area contributed by atoms with Gasteiger partial charge >= 0.3 is 0 Å². The van der Waals surface area contributed by atoms with E-state index in [1.54, 1.807) is 27.7 Å². The lowest BCUT2D eigenvalue weighted by Crippen LogP contribution is -2.51. The number of Topliss-reactive ketones (excluding diaryl/α,β-unsaturated/α-hetero) is 3. The van der Waals surface area contributed by atoms with E-state index in [2.05, 4.69) is 0 Å². The first-order valence-corrected chi connectivity index (χ1v) is 9.69. The van der Waals surface area contributed by atoms with Crippen LogP contribution >= 0.6 is 0 Å². The van der Waals surface area contributed by atoms with Crippen molar-refractivity contribution in [3.63, 3.8) is 0 Å². The lowest BCUT2D eigenvalue weighted by molar-refractivity contribution is -0.149. The molecule has 27 heavy (non-hydrogen) atoms. The number of rotatable bonds is 4. The van der Waals surface area contributed by atoms with Crippen molar-refractivity contribution in [3.8, 4) is 0 Å². The van der Waals surface area contributed by atoms with Crippen LogP contribution in [0.5, 0.6) is 0 Å². The van der Waals surface area contributed by atoms with Crippen LogP contribution in [0.25, 0.3) is 0 Å². The number of ketones is 3. The molecule has 0 bridgehead atoms. The van der Waals surface area contributed by atoms with E-state index in [0.717, 1.165) is 0 Å². The highest BCUT2D eigenvalue weighted by molar-refractivity contribution is 6.29. The summed E-state index contributed by atoms with van der Waals surface area (Å²) in [5.41, 5.74) is -6.16. The van der Waals surface area contributed by atoms with Crippen molar-refractivity contribution in [3.05, 3.63) is 11.3 Å². The first-order chi connectivity index (χ1) is 12.2. The monoisotopic (exact) mass is 378 g/mol. The molecule has 3 rings (SSSR count). The average molecular weight is 378 g/mol. The van der Waals surface area contributed by atoms with Gasteiger partial charge in [0.05, 0.1) is 11.0 Å². The summed E-state index contributed by atoms with van der Waals surface area (Å²) in [5, 5.41) is 32.9. The van der Waals surface area contributed by atoms with Crippen molar-refractivity contribution in [2.24, 2.45) is 28.6 Å². The zero-order valence-electron chi connectivity index (χ0n) is 16.9. The first-order valence-electron chi connectivity index (χ1n) is 9.69. The van der Waals surface area contributed by atoms with E-state index in [1.807, 2.05) is 13.8 Å². The van der Waals surface area contributed by atoms with Gasteiger partial charge < -0.3 is 15.3 Å². The number of hydrogen-bond donors (Lipinski definition) is 3. The predicted molar refractivity (Wildman–Crippen MR) is 97.8 cm³/mol. The van der Waals surface area contributed by atoms with Crippen LogP contribution in [-0.4, -0.2) is 43.9 Å². The highest BCUT2D eigenvalue weighted by Gasteiger charge is 2.82. The Morgan fingerprint density at radius 3 is 2.33 bits per heavy atom. The van der Waals surface area contributed by atoms with Gasteiger partial charge in [0.15, 0.2) is 23.0 Å². The van der Waals surface area contributed by atoms with Gasteiger partial charge in [0.2, 0.25) is 0 Å².